The summed E-state index contributed by atoms with van der Waals surface area (Å²) < 4.78 is 18.0. The Morgan fingerprint density at radius 1 is 1.47 bits per heavy atom. The molecule has 0 aromatic heterocycles. The van der Waals surface area contributed by atoms with E-state index in [1.807, 2.05) is 13.8 Å². The molecule has 3 heteroatoms. The molecule has 0 saturated heterocycles. The van der Waals surface area contributed by atoms with Crippen molar-refractivity contribution in [3.8, 4) is 5.75 Å². The van der Waals surface area contributed by atoms with Gasteiger partial charge in [-0.15, -0.1) is 0 Å². The second-order valence-electron chi connectivity index (χ2n) is 3.68. The largest absolute Gasteiger partial charge is 0.493 e. The Hall–Kier alpha value is -1.38. The Morgan fingerprint density at radius 2 is 2.20 bits per heavy atom. The highest BCUT2D eigenvalue weighted by Crippen LogP contribution is 2.12. The summed E-state index contributed by atoms with van der Waals surface area (Å²) in [5.41, 5.74) is 0. The number of Topliss-reactive ketones (excluding diaryl/α,β-unsaturated/α-hetero) is 1. The van der Waals surface area contributed by atoms with Crippen molar-refractivity contribution in [2.75, 3.05) is 6.61 Å². The lowest BCUT2D eigenvalue weighted by Crippen LogP contribution is -2.11. The molecule has 1 aromatic rings. The maximum atomic E-state index is 12.7. The average molecular weight is 210 g/mol. The summed E-state index contributed by atoms with van der Waals surface area (Å²) in [5.74, 6) is 0.321. The molecule has 1 rings (SSSR count). The third-order valence-corrected chi connectivity index (χ3v) is 2.06. The number of hydrogen-bond donors (Lipinski definition) is 0. The fourth-order valence-corrected chi connectivity index (χ4v) is 1.11. The molecule has 0 atom stereocenters. The quantitative estimate of drug-likeness (QED) is 0.747. The van der Waals surface area contributed by atoms with Crippen LogP contribution in [0.3, 0.4) is 0 Å². The van der Waals surface area contributed by atoms with Gasteiger partial charge in [0.1, 0.15) is 17.3 Å². The van der Waals surface area contributed by atoms with Gasteiger partial charge in [-0.1, -0.05) is 19.9 Å². The number of ether oxygens (including phenoxy) is 1. The van der Waals surface area contributed by atoms with Gasteiger partial charge in [-0.2, -0.15) is 0 Å². The molecule has 0 fully saturated rings. The molecule has 0 aliphatic rings. The van der Waals surface area contributed by atoms with Crippen molar-refractivity contribution in [1.82, 2.24) is 0 Å². The number of ketones is 1. The number of halogens is 1. The molecule has 0 heterocycles. The van der Waals surface area contributed by atoms with Crippen molar-refractivity contribution in [3.63, 3.8) is 0 Å². The van der Waals surface area contributed by atoms with Gasteiger partial charge in [0, 0.05) is 18.4 Å². The Bertz CT molecular complexity index is 334. The van der Waals surface area contributed by atoms with E-state index in [4.69, 9.17) is 4.74 Å². The van der Waals surface area contributed by atoms with Crippen molar-refractivity contribution in [3.05, 3.63) is 30.1 Å². The normalized spacial score (nSPS) is 10.4. The van der Waals surface area contributed by atoms with Crippen molar-refractivity contribution >= 4 is 5.78 Å². The third kappa shape index (κ3) is 4.11. The average Bonchev–Trinajstić information content (AvgIpc) is 2.17. The Morgan fingerprint density at radius 3 is 2.80 bits per heavy atom. The lowest BCUT2D eigenvalue weighted by atomic mass is 10.1. The summed E-state index contributed by atoms with van der Waals surface area (Å²) in [7, 11) is 0. The minimum Gasteiger partial charge on any atom is -0.493 e. The number of hydrogen-bond acceptors (Lipinski definition) is 2. The van der Waals surface area contributed by atoms with E-state index in [2.05, 4.69) is 0 Å². The van der Waals surface area contributed by atoms with E-state index < -0.39 is 0 Å². The molecule has 15 heavy (non-hydrogen) atoms. The van der Waals surface area contributed by atoms with Crippen LogP contribution in [0.5, 0.6) is 5.75 Å². The first kappa shape index (κ1) is 11.7. The van der Waals surface area contributed by atoms with Crippen LogP contribution in [-0.2, 0) is 4.79 Å². The van der Waals surface area contributed by atoms with Crippen LogP contribution in [0.15, 0.2) is 24.3 Å². The highest BCUT2D eigenvalue weighted by molar-refractivity contribution is 5.80. The first-order chi connectivity index (χ1) is 7.09. The van der Waals surface area contributed by atoms with Crippen LogP contribution < -0.4 is 4.74 Å². The molecule has 0 saturated carbocycles. The summed E-state index contributed by atoms with van der Waals surface area (Å²) in [4.78, 5) is 11.2. The lowest BCUT2D eigenvalue weighted by Gasteiger charge is -2.06. The van der Waals surface area contributed by atoms with Crippen LogP contribution in [0.2, 0.25) is 0 Å². The van der Waals surface area contributed by atoms with Crippen molar-refractivity contribution in [1.29, 1.82) is 0 Å². The summed E-state index contributed by atoms with van der Waals surface area (Å²) in [6.07, 6.45) is 0.369. The van der Waals surface area contributed by atoms with Crippen LogP contribution in [0.4, 0.5) is 4.39 Å². The second-order valence-corrected chi connectivity index (χ2v) is 3.68. The highest BCUT2D eigenvalue weighted by atomic mass is 19.1. The minimum absolute atomic E-state index is 0.0288. The van der Waals surface area contributed by atoms with E-state index in [0.29, 0.717) is 18.8 Å². The van der Waals surface area contributed by atoms with Gasteiger partial charge in [0.05, 0.1) is 6.61 Å². The fraction of sp³-hybridized carbons (Fsp3) is 0.417. The molecule has 0 aliphatic heterocycles. The minimum atomic E-state index is -0.331. The molecule has 0 aliphatic carbocycles. The predicted molar refractivity (Wildman–Crippen MR) is 56.4 cm³/mol. The monoisotopic (exact) mass is 210 g/mol. The number of rotatable bonds is 5. The Balaban J connectivity index is 2.35. The molecule has 0 amide bonds. The number of benzene rings is 1. The summed E-state index contributed by atoms with van der Waals surface area (Å²) >= 11 is 0. The third-order valence-electron chi connectivity index (χ3n) is 2.06. The van der Waals surface area contributed by atoms with E-state index in [-0.39, 0.29) is 17.5 Å². The molecule has 0 spiro atoms. The maximum Gasteiger partial charge on any atom is 0.138 e. The molecule has 1 aromatic carbocycles. The van der Waals surface area contributed by atoms with Gasteiger partial charge >= 0.3 is 0 Å². The SMILES string of the molecule is CC(C)C(=O)CCOc1cccc(F)c1. The van der Waals surface area contributed by atoms with Gasteiger partial charge in [-0.3, -0.25) is 4.79 Å². The van der Waals surface area contributed by atoms with Crippen LogP contribution in [0, 0.1) is 11.7 Å². The van der Waals surface area contributed by atoms with E-state index in [1.165, 1.54) is 12.1 Å². The van der Waals surface area contributed by atoms with Gasteiger partial charge in [0.25, 0.3) is 0 Å². The first-order valence-corrected chi connectivity index (χ1v) is 5.00. The number of carbonyl (C=O) groups excluding carboxylic acids is 1. The Labute approximate surface area is 89.1 Å². The highest BCUT2D eigenvalue weighted by Gasteiger charge is 2.06. The summed E-state index contributed by atoms with van der Waals surface area (Å²) in [6, 6.07) is 5.91. The summed E-state index contributed by atoms with van der Waals surface area (Å²) in [6.45, 7) is 4.01. The van der Waals surface area contributed by atoms with Gasteiger partial charge in [-0.05, 0) is 12.1 Å². The molecule has 82 valence electrons. The maximum absolute atomic E-state index is 12.7. The van der Waals surface area contributed by atoms with E-state index in [0.717, 1.165) is 0 Å². The van der Waals surface area contributed by atoms with Gasteiger partial charge < -0.3 is 4.74 Å². The number of carbonyl (C=O) groups is 1. The zero-order valence-corrected chi connectivity index (χ0v) is 9.00. The topological polar surface area (TPSA) is 26.3 Å². The molecular formula is C12H15FO2. The zero-order chi connectivity index (χ0) is 11.3. The van der Waals surface area contributed by atoms with E-state index in [1.54, 1.807) is 12.1 Å². The smallest absolute Gasteiger partial charge is 0.138 e. The van der Waals surface area contributed by atoms with Gasteiger partial charge in [-0.25, -0.2) is 4.39 Å². The van der Waals surface area contributed by atoms with E-state index >= 15 is 0 Å². The van der Waals surface area contributed by atoms with Gasteiger partial charge in [0.15, 0.2) is 0 Å². The van der Waals surface area contributed by atoms with Crippen LogP contribution in [-0.4, -0.2) is 12.4 Å². The van der Waals surface area contributed by atoms with Gasteiger partial charge in [0.2, 0.25) is 0 Å². The van der Waals surface area contributed by atoms with Crippen LogP contribution in [0.1, 0.15) is 20.3 Å². The molecule has 0 N–H and O–H groups in total. The van der Waals surface area contributed by atoms with Crippen LogP contribution >= 0.6 is 0 Å². The zero-order valence-electron chi connectivity index (χ0n) is 9.00. The molecule has 0 bridgehead atoms. The standard InChI is InChI=1S/C12H15FO2/c1-9(2)12(14)6-7-15-11-5-3-4-10(13)8-11/h3-5,8-9H,6-7H2,1-2H3. The molecule has 0 unspecified atom stereocenters. The molecule has 0 radical (unpaired) electrons. The first-order valence-electron chi connectivity index (χ1n) is 5.00. The van der Waals surface area contributed by atoms with Crippen LogP contribution in [0.25, 0.3) is 0 Å². The Kier molecular flexibility index (Phi) is 4.28. The molecular weight excluding hydrogens is 195 g/mol. The second kappa shape index (κ2) is 5.49. The lowest BCUT2D eigenvalue weighted by molar-refractivity contribution is -0.122. The van der Waals surface area contributed by atoms with Crippen molar-refractivity contribution in [2.45, 2.75) is 20.3 Å². The fourth-order valence-electron chi connectivity index (χ4n) is 1.11. The van der Waals surface area contributed by atoms with Crippen molar-refractivity contribution < 1.29 is 13.9 Å². The van der Waals surface area contributed by atoms with Crippen molar-refractivity contribution in [2.24, 2.45) is 5.92 Å². The van der Waals surface area contributed by atoms with E-state index in [9.17, 15) is 9.18 Å². The predicted octanol–water partition coefficient (Wildman–Crippen LogP) is 2.82. The molecule has 2 nitrogen and oxygen atoms in total. The summed E-state index contributed by atoms with van der Waals surface area (Å²) in [5, 5.41) is 0.